The summed E-state index contributed by atoms with van der Waals surface area (Å²) >= 11 is 0. The van der Waals surface area contributed by atoms with Crippen molar-refractivity contribution in [3.05, 3.63) is 77.3 Å². The van der Waals surface area contributed by atoms with E-state index in [0.29, 0.717) is 23.0 Å². The molecule has 1 atom stereocenters. The maximum atomic E-state index is 12.0. The number of hydrogen-bond donors (Lipinski definition) is 3. The van der Waals surface area contributed by atoms with E-state index in [4.69, 9.17) is 15.3 Å². The Bertz CT molecular complexity index is 1070. The van der Waals surface area contributed by atoms with Crippen molar-refractivity contribution in [1.29, 1.82) is 0 Å². The first-order chi connectivity index (χ1) is 16.1. The summed E-state index contributed by atoms with van der Waals surface area (Å²) in [6.07, 6.45) is 1.46. The second-order valence-electron chi connectivity index (χ2n) is 7.75. The van der Waals surface area contributed by atoms with Gasteiger partial charge in [-0.1, -0.05) is 36.4 Å². The number of morpholine rings is 1. The summed E-state index contributed by atoms with van der Waals surface area (Å²) in [5.41, 5.74) is 3.84. The Balaban J connectivity index is 1.58. The highest BCUT2D eigenvalue weighted by Gasteiger charge is 2.22. The number of hydrazine groups is 1. The molecule has 9 heteroatoms. The standard InChI is InChI=1S/C24H29N6O3/c1-32-17-22(18-6-3-2-4-7-18)28-21-15-24(26-16-23(21)30(25)31)27-19-8-5-9-20(14-19)29-10-12-33-13-11-29/h2-9,14-16,22H,10-13,17H2,1H3,(H2,25,31)(H2,26,27,28)/q+1. The lowest BCUT2D eigenvalue weighted by atomic mass is 10.1. The van der Waals surface area contributed by atoms with Crippen molar-refractivity contribution >= 4 is 28.6 Å². The fourth-order valence-corrected chi connectivity index (χ4v) is 3.82. The van der Waals surface area contributed by atoms with Crippen LogP contribution in [0.25, 0.3) is 0 Å². The number of ether oxygens (including phenoxy) is 2. The van der Waals surface area contributed by atoms with E-state index in [1.165, 1.54) is 6.20 Å². The second-order valence-corrected chi connectivity index (χ2v) is 7.75. The lowest BCUT2D eigenvalue weighted by Gasteiger charge is -2.29. The third-order valence-corrected chi connectivity index (χ3v) is 5.48. The SMILES string of the molecule is COCC(Nc1cc(Nc2cccc(N3CCOCC3)c2)ncc1[N+](N)=O)c1ccccc1. The summed E-state index contributed by atoms with van der Waals surface area (Å²) in [7, 11) is 1.64. The Morgan fingerprint density at radius 3 is 2.67 bits per heavy atom. The van der Waals surface area contributed by atoms with E-state index < -0.39 is 0 Å². The smallest absolute Gasteiger partial charge is 0.332 e. The minimum atomic E-state index is -0.171. The molecule has 0 amide bonds. The quantitative estimate of drug-likeness (QED) is 0.258. The van der Waals surface area contributed by atoms with Gasteiger partial charge in [-0.05, 0) is 23.8 Å². The number of nitroso groups, excluding NO2 is 1. The van der Waals surface area contributed by atoms with Crippen molar-refractivity contribution in [2.75, 3.05) is 55.6 Å². The number of anilines is 4. The van der Waals surface area contributed by atoms with Crippen LogP contribution in [0.5, 0.6) is 0 Å². The zero-order valence-electron chi connectivity index (χ0n) is 18.6. The van der Waals surface area contributed by atoms with E-state index in [-0.39, 0.29) is 11.7 Å². The number of aromatic nitrogens is 1. The maximum absolute atomic E-state index is 12.0. The minimum absolute atomic E-state index is 0.171. The molecular weight excluding hydrogens is 420 g/mol. The summed E-state index contributed by atoms with van der Waals surface area (Å²) in [6, 6.07) is 19.6. The minimum Gasteiger partial charge on any atom is -0.382 e. The molecule has 4 N–H and O–H groups in total. The fraction of sp³-hybridized carbons (Fsp3) is 0.292. The molecule has 0 bridgehead atoms. The van der Waals surface area contributed by atoms with Gasteiger partial charge < -0.3 is 25.0 Å². The van der Waals surface area contributed by atoms with Crippen LogP contribution in [0.15, 0.2) is 66.9 Å². The average Bonchev–Trinajstić information content (AvgIpc) is 2.85. The van der Waals surface area contributed by atoms with E-state index in [0.717, 1.165) is 43.2 Å². The van der Waals surface area contributed by atoms with Gasteiger partial charge in [-0.25, -0.2) is 4.98 Å². The van der Waals surface area contributed by atoms with Crippen LogP contribution < -0.4 is 21.4 Å². The van der Waals surface area contributed by atoms with E-state index in [9.17, 15) is 4.91 Å². The third kappa shape index (κ3) is 5.76. The van der Waals surface area contributed by atoms with E-state index in [2.05, 4.69) is 32.7 Å². The predicted molar refractivity (Wildman–Crippen MR) is 129 cm³/mol. The first kappa shape index (κ1) is 22.5. The summed E-state index contributed by atoms with van der Waals surface area (Å²) < 4.78 is 10.8. The van der Waals surface area contributed by atoms with Crippen LogP contribution in [0, 0.1) is 4.91 Å². The molecule has 0 spiro atoms. The zero-order chi connectivity index (χ0) is 23.0. The zero-order valence-corrected chi connectivity index (χ0v) is 18.6. The Morgan fingerprint density at radius 2 is 1.94 bits per heavy atom. The number of pyridine rings is 1. The number of benzene rings is 2. The molecule has 2 heterocycles. The van der Waals surface area contributed by atoms with Crippen molar-refractivity contribution in [3.63, 3.8) is 0 Å². The van der Waals surface area contributed by atoms with Crippen LogP contribution in [0.1, 0.15) is 11.6 Å². The number of nitrogens with zero attached hydrogens (tertiary/aromatic N) is 3. The average molecular weight is 450 g/mol. The molecule has 2 aromatic carbocycles. The number of nitrogens with two attached hydrogens (primary N) is 1. The summed E-state index contributed by atoms with van der Waals surface area (Å²) in [5.74, 6) is 6.13. The largest absolute Gasteiger partial charge is 0.382 e. The molecule has 172 valence electrons. The monoisotopic (exact) mass is 449 g/mol. The van der Waals surface area contributed by atoms with Gasteiger partial charge in [0.05, 0.1) is 30.8 Å². The van der Waals surface area contributed by atoms with Crippen LogP contribution >= 0.6 is 0 Å². The van der Waals surface area contributed by atoms with Crippen molar-refractivity contribution in [3.8, 4) is 0 Å². The molecule has 1 aromatic heterocycles. The van der Waals surface area contributed by atoms with Gasteiger partial charge in [0.25, 0.3) is 0 Å². The number of nitrogens with one attached hydrogen (secondary N) is 2. The molecule has 3 aromatic rings. The van der Waals surface area contributed by atoms with Gasteiger partial charge in [-0.2, -0.15) is 5.84 Å². The molecule has 1 fully saturated rings. The highest BCUT2D eigenvalue weighted by atomic mass is 16.5. The van der Waals surface area contributed by atoms with Gasteiger partial charge in [-0.15, -0.1) is 0 Å². The number of hydrogen-bond acceptors (Lipinski definition) is 7. The van der Waals surface area contributed by atoms with E-state index in [1.54, 1.807) is 13.2 Å². The lowest BCUT2D eigenvalue weighted by Crippen LogP contribution is -2.36. The molecule has 0 saturated carbocycles. The first-order valence-electron chi connectivity index (χ1n) is 10.9. The topological polar surface area (TPSA) is 105 Å². The summed E-state index contributed by atoms with van der Waals surface area (Å²) in [5, 5.41) is 6.72. The Morgan fingerprint density at radius 1 is 1.15 bits per heavy atom. The van der Waals surface area contributed by atoms with Crippen LogP contribution in [0.2, 0.25) is 0 Å². The normalized spacial score (nSPS) is 14.5. The fourth-order valence-electron chi connectivity index (χ4n) is 3.82. The second kappa shape index (κ2) is 10.8. The third-order valence-electron chi connectivity index (χ3n) is 5.48. The molecule has 1 unspecified atom stereocenters. The molecule has 0 aliphatic carbocycles. The van der Waals surface area contributed by atoms with Gasteiger partial charge >= 0.3 is 5.69 Å². The van der Waals surface area contributed by atoms with Gasteiger partial charge in [-0.3, -0.25) is 0 Å². The van der Waals surface area contributed by atoms with Gasteiger partial charge in [0.15, 0.2) is 4.87 Å². The predicted octanol–water partition coefficient (Wildman–Crippen LogP) is 3.75. The molecular formula is C24H29N6O3+. The van der Waals surface area contributed by atoms with Crippen molar-refractivity contribution in [2.24, 2.45) is 5.84 Å². The van der Waals surface area contributed by atoms with Crippen LogP contribution in [-0.2, 0) is 9.47 Å². The molecule has 1 aliphatic rings. The molecule has 33 heavy (non-hydrogen) atoms. The van der Waals surface area contributed by atoms with Crippen molar-refractivity contribution < 1.29 is 14.3 Å². The molecule has 0 radical (unpaired) electrons. The molecule has 1 saturated heterocycles. The highest BCUT2D eigenvalue weighted by molar-refractivity contribution is 5.70. The lowest BCUT2D eigenvalue weighted by molar-refractivity contribution is -0.474. The summed E-state index contributed by atoms with van der Waals surface area (Å²) in [4.78, 5) is 19.0. The molecule has 9 nitrogen and oxygen atoms in total. The van der Waals surface area contributed by atoms with Crippen molar-refractivity contribution in [2.45, 2.75) is 6.04 Å². The molecule has 1 aliphatic heterocycles. The highest BCUT2D eigenvalue weighted by Crippen LogP contribution is 2.31. The van der Waals surface area contributed by atoms with Gasteiger partial charge in [0, 0.05) is 37.6 Å². The van der Waals surface area contributed by atoms with Gasteiger partial charge in [0.1, 0.15) is 17.7 Å². The van der Waals surface area contributed by atoms with Crippen LogP contribution in [0.4, 0.5) is 28.6 Å². The summed E-state index contributed by atoms with van der Waals surface area (Å²) in [6.45, 7) is 3.59. The molecule has 4 rings (SSSR count). The Hall–Kier alpha value is -3.69. The van der Waals surface area contributed by atoms with Gasteiger partial charge in [0.2, 0.25) is 0 Å². The maximum Gasteiger partial charge on any atom is 0.332 e. The Labute approximate surface area is 193 Å². The number of rotatable bonds is 9. The van der Waals surface area contributed by atoms with Crippen LogP contribution in [0.3, 0.4) is 0 Å². The Kier molecular flexibility index (Phi) is 7.33. The van der Waals surface area contributed by atoms with E-state index >= 15 is 0 Å². The number of methoxy groups -OCH3 is 1. The van der Waals surface area contributed by atoms with E-state index in [1.807, 2.05) is 42.5 Å². The van der Waals surface area contributed by atoms with Crippen LogP contribution in [-0.4, -0.2) is 49.9 Å². The van der Waals surface area contributed by atoms with Crippen molar-refractivity contribution in [1.82, 2.24) is 4.98 Å². The first-order valence-corrected chi connectivity index (χ1v) is 10.9.